The van der Waals surface area contributed by atoms with Crippen LogP contribution in [0, 0.1) is 17.8 Å². The van der Waals surface area contributed by atoms with Gasteiger partial charge >= 0.3 is 17.9 Å². The molecular weight excluding hydrogens is 685 g/mol. The minimum absolute atomic E-state index is 0.0660. The number of unbranched alkanes of at least 4 members (excludes halogenated alkanes) is 24. The third kappa shape index (κ3) is 41.9. The lowest BCUT2D eigenvalue weighted by atomic mass is 9.99. The van der Waals surface area contributed by atoms with Crippen molar-refractivity contribution in [1.82, 2.24) is 0 Å². The Morgan fingerprint density at radius 3 is 0.945 bits per heavy atom. The van der Waals surface area contributed by atoms with Gasteiger partial charge in [0.25, 0.3) is 0 Å². The molecule has 0 aromatic rings. The molecule has 1 unspecified atom stereocenters. The van der Waals surface area contributed by atoms with Crippen LogP contribution < -0.4 is 0 Å². The lowest BCUT2D eigenvalue weighted by molar-refractivity contribution is -0.167. The Labute approximate surface area is 342 Å². The van der Waals surface area contributed by atoms with Crippen molar-refractivity contribution in [2.24, 2.45) is 17.8 Å². The fourth-order valence-corrected chi connectivity index (χ4v) is 7.20. The molecule has 6 heteroatoms. The summed E-state index contributed by atoms with van der Waals surface area (Å²) in [5.41, 5.74) is 0. The summed E-state index contributed by atoms with van der Waals surface area (Å²) in [6, 6.07) is 0. The third-order valence-corrected chi connectivity index (χ3v) is 11.3. The Bertz CT molecular complexity index is 854. The Hall–Kier alpha value is -1.59. The van der Waals surface area contributed by atoms with Crippen LogP contribution in [-0.2, 0) is 28.6 Å². The number of rotatable bonds is 42. The van der Waals surface area contributed by atoms with E-state index in [1.165, 1.54) is 141 Å². The molecule has 0 fully saturated rings. The molecule has 0 aliphatic rings. The molecule has 0 radical (unpaired) electrons. The number of esters is 3. The zero-order chi connectivity index (χ0) is 40.6. The van der Waals surface area contributed by atoms with Gasteiger partial charge in [0.05, 0.1) is 0 Å². The minimum atomic E-state index is -0.762. The molecule has 0 amide bonds. The molecule has 0 heterocycles. The largest absolute Gasteiger partial charge is 0.462 e. The second-order valence-electron chi connectivity index (χ2n) is 17.9. The van der Waals surface area contributed by atoms with E-state index < -0.39 is 6.10 Å². The van der Waals surface area contributed by atoms with Crippen molar-refractivity contribution in [3.05, 3.63) is 0 Å². The maximum atomic E-state index is 12.7. The van der Waals surface area contributed by atoms with Gasteiger partial charge in [0.2, 0.25) is 0 Å². The van der Waals surface area contributed by atoms with E-state index in [9.17, 15) is 14.4 Å². The number of carbonyl (C=O) groups excluding carboxylic acids is 3. The summed E-state index contributed by atoms with van der Waals surface area (Å²) >= 11 is 0. The molecular formula is C49H94O6. The average molecular weight is 779 g/mol. The van der Waals surface area contributed by atoms with E-state index >= 15 is 0 Å². The van der Waals surface area contributed by atoms with Crippen LogP contribution in [0.4, 0.5) is 0 Å². The molecule has 0 bridgehead atoms. The summed E-state index contributed by atoms with van der Waals surface area (Å²) in [4.78, 5) is 37.8. The van der Waals surface area contributed by atoms with Crippen LogP contribution in [0.25, 0.3) is 0 Å². The Morgan fingerprint density at radius 1 is 0.364 bits per heavy atom. The second kappa shape index (κ2) is 40.6. The molecule has 0 N–H and O–H groups in total. The number of hydrogen-bond acceptors (Lipinski definition) is 6. The van der Waals surface area contributed by atoms with E-state index in [1.807, 2.05) is 0 Å². The van der Waals surface area contributed by atoms with Gasteiger partial charge in [0.1, 0.15) is 13.2 Å². The van der Waals surface area contributed by atoms with Crippen LogP contribution >= 0.6 is 0 Å². The highest BCUT2D eigenvalue weighted by Crippen LogP contribution is 2.17. The van der Waals surface area contributed by atoms with E-state index in [0.717, 1.165) is 75.5 Å². The standard InChI is InChI=1S/C49H94O6/c1-7-45(6)37-31-25-19-15-16-21-27-33-39-48(51)54-42-46(41-53-47(50)38-32-26-20-14-10-12-18-24-30-36-44(4)5)55-49(52)40-34-28-22-13-9-8-11-17-23-29-35-43(2)3/h43-46H,7-42H2,1-6H3/t45?,46-/m1/s1. The molecule has 0 aliphatic carbocycles. The number of carbonyl (C=O) groups is 3. The fraction of sp³-hybridized carbons (Fsp3) is 0.939. The summed E-state index contributed by atoms with van der Waals surface area (Å²) in [6.45, 7) is 13.7. The third-order valence-electron chi connectivity index (χ3n) is 11.3. The lowest BCUT2D eigenvalue weighted by Gasteiger charge is -2.18. The van der Waals surface area contributed by atoms with E-state index in [0.29, 0.717) is 19.3 Å². The van der Waals surface area contributed by atoms with Crippen molar-refractivity contribution in [3.63, 3.8) is 0 Å². The van der Waals surface area contributed by atoms with Gasteiger partial charge in [0.15, 0.2) is 6.10 Å². The first-order chi connectivity index (χ1) is 26.6. The summed E-state index contributed by atoms with van der Waals surface area (Å²) in [5, 5.41) is 0. The zero-order valence-electron chi connectivity index (χ0n) is 37.7. The fourth-order valence-electron chi connectivity index (χ4n) is 7.20. The smallest absolute Gasteiger partial charge is 0.306 e. The highest BCUT2D eigenvalue weighted by molar-refractivity contribution is 5.71. The molecule has 55 heavy (non-hydrogen) atoms. The highest BCUT2D eigenvalue weighted by atomic mass is 16.6. The van der Waals surface area contributed by atoms with E-state index in [2.05, 4.69) is 41.5 Å². The highest BCUT2D eigenvalue weighted by Gasteiger charge is 2.19. The SMILES string of the molecule is CCC(C)CCCCCCCCCCC(=O)OC[C@@H](COC(=O)CCCCCCCCCCCC(C)C)OC(=O)CCCCCCCCCCCCC(C)C. The molecule has 6 nitrogen and oxygen atoms in total. The Balaban J connectivity index is 4.35. The van der Waals surface area contributed by atoms with Gasteiger partial charge in [-0.05, 0) is 37.0 Å². The molecule has 326 valence electrons. The lowest BCUT2D eigenvalue weighted by Crippen LogP contribution is -2.30. The van der Waals surface area contributed by atoms with E-state index in [4.69, 9.17) is 14.2 Å². The Kier molecular flexibility index (Phi) is 39.4. The molecule has 0 saturated carbocycles. The van der Waals surface area contributed by atoms with Crippen molar-refractivity contribution in [2.45, 2.75) is 266 Å². The second-order valence-corrected chi connectivity index (χ2v) is 17.9. The van der Waals surface area contributed by atoms with E-state index in [1.54, 1.807) is 0 Å². The first kappa shape index (κ1) is 53.4. The van der Waals surface area contributed by atoms with Crippen molar-refractivity contribution in [3.8, 4) is 0 Å². The maximum Gasteiger partial charge on any atom is 0.306 e. The summed E-state index contributed by atoms with van der Waals surface area (Å²) in [6.07, 6.45) is 38.0. The first-order valence-corrected chi connectivity index (χ1v) is 24.1. The van der Waals surface area contributed by atoms with Gasteiger partial charge in [-0.3, -0.25) is 14.4 Å². The summed E-state index contributed by atoms with van der Waals surface area (Å²) in [5.74, 6) is 1.61. The first-order valence-electron chi connectivity index (χ1n) is 24.1. The molecule has 0 aromatic heterocycles. The predicted octanol–water partition coefficient (Wildman–Crippen LogP) is 15.2. The van der Waals surface area contributed by atoms with Gasteiger partial charge < -0.3 is 14.2 Å². The van der Waals surface area contributed by atoms with Crippen LogP contribution in [0.3, 0.4) is 0 Å². The van der Waals surface area contributed by atoms with Gasteiger partial charge in [-0.1, -0.05) is 221 Å². The van der Waals surface area contributed by atoms with Crippen LogP contribution in [-0.4, -0.2) is 37.2 Å². The minimum Gasteiger partial charge on any atom is -0.462 e. The van der Waals surface area contributed by atoms with Crippen LogP contribution in [0.1, 0.15) is 260 Å². The Morgan fingerprint density at radius 2 is 0.636 bits per heavy atom. The van der Waals surface area contributed by atoms with Crippen molar-refractivity contribution < 1.29 is 28.6 Å². The molecule has 2 atom stereocenters. The van der Waals surface area contributed by atoms with Crippen molar-refractivity contribution in [2.75, 3.05) is 13.2 Å². The summed E-state index contributed by atoms with van der Waals surface area (Å²) in [7, 11) is 0. The van der Waals surface area contributed by atoms with Gasteiger partial charge in [-0.15, -0.1) is 0 Å². The zero-order valence-corrected chi connectivity index (χ0v) is 37.7. The van der Waals surface area contributed by atoms with Crippen molar-refractivity contribution in [1.29, 1.82) is 0 Å². The van der Waals surface area contributed by atoms with Gasteiger partial charge in [0, 0.05) is 19.3 Å². The average Bonchev–Trinajstić information content (AvgIpc) is 3.15. The van der Waals surface area contributed by atoms with Crippen LogP contribution in [0.15, 0.2) is 0 Å². The monoisotopic (exact) mass is 779 g/mol. The normalized spacial score (nSPS) is 12.7. The van der Waals surface area contributed by atoms with Crippen LogP contribution in [0.2, 0.25) is 0 Å². The molecule has 0 rings (SSSR count). The molecule has 0 saturated heterocycles. The van der Waals surface area contributed by atoms with E-state index in [-0.39, 0.29) is 31.1 Å². The summed E-state index contributed by atoms with van der Waals surface area (Å²) < 4.78 is 16.8. The predicted molar refractivity (Wildman–Crippen MR) is 233 cm³/mol. The molecule has 0 spiro atoms. The van der Waals surface area contributed by atoms with Gasteiger partial charge in [-0.2, -0.15) is 0 Å². The van der Waals surface area contributed by atoms with Gasteiger partial charge in [-0.25, -0.2) is 0 Å². The number of ether oxygens (including phenoxy) is 3. The maximum absolute atomic E-state index is 12.7. The quantitative estimate of drug-likeness (QED) is 0.0349. The molecule has 0 aliphatic heterocycles. The van der Waals surface area contributed by atoms with Crippen molar-refractivity contribution >= 4 is 17.9 Å². The van der Waals surface area contributed by atoms with Crippen LogP contribution in [0.5, 0.6) is 0 Å². The number of hydrogen-bond donors (Lipinski definition) is 0. The molecule has 0 aromatic carbocycles. The topological polar surface area (TPSA) is 78.9 Å².